The zero-order valence-electron chi connectivity index (χ0n) is 13.2. The molecule has 1 fully saturated rings. The number of hydrogen-bond donors (Lipinski definition) is 1. The average molecular weight is 277 g/mol. The Bertz CT molecular complexity index is 440. The summed E-state index contributed by atoms with van der Waals surface area (Å²) in [6.45, 7) is 8.82. The molecule has 1 aromatic rings. The first-order chi connectivity index (χ1) is 9.65. The highest BCUT2D eigenvalue weighted by atomic mass is 15.2. The molecule has 2 heterocycles. The molecule has 0 saturated carbocycles. The molecule has 0 unspecified atom stereocenters. The summed E-state index contributed by atoms with van der Waals surface area (Å²) in [4.78, 5) is 14.0. The maximum Gasteiger partial charge on any atom is 0.137 e. The summed E-state index contributed by atoms with van der Waals surface area (Å²) in [5.41, 5.74) is 1.13. The number of nitrogens with zero attached hydrogens (tertiary/aromatic N) is 4. The summed E-state index contributed by atoms with van der Waals surface area (Å²) in [5.74, 6) is 2.91. The van der Waals surface area contributed by atoms with E-state index in [0.717, 1.165) is 42.5 Å². The van der Waals surface area contributed by atoms with Gasteiger partial charge in [-0.1, -0.05) is 6.92 Å². The maximum absolute atomic E-state index is 4.70. The van der Waals surface area contributed by atoms with Crippen LogP contribution in [0.5, 0.6) is 0 Å². The normalized spacial score (nSPS) is 15.6. The van der Waals surface area contributed by atoms with E-state index in [1.807, 2.05) is 7.05 Å². The van der Waals surface area contributed by atoms with E-state index in [-0.39, 0.29) is 0 Å². The molecule has 2 rings (SSSR count). The van der Waals surface area contributed by atoms with E-state index in [1.165, 1.54) is 25.9 Å². The lowest BCUT2D eigenvalue weighted by Gasteiger charge is -2.24. The number of hydrogen-bond acceptors (Lipinski definition) is 5. The molecule has 0 spiro atoms. The van der Waals surface area contributed by atoms with Crippen LogP contribution in [0, 0.1) is 6.92 Å². The molecule has 1 aliphatic rings. The smallest absolute Gasteiger partial charge is 0.137 e. The highest BCUT2D eigenvalue weighted by molar-refractivity contribution is 5.58. The third-order valence-electron chi connectivity index (χ3n) is 4.03. The Morgan fingerprint density at radius 2 is 1.95 bits per heavy atom. The van der Waals surface area contributed by atoms with Crippen LogP contribution in [0.15, 0.2) is 0 Å². The van der Waals surface area contributed by atoms with E-state index in [9.17, 15) is 0 Å². The minimum atomic E-state index is 0.863. The average Bonchev–Trinajstić information content (AvgIpc) is 2.98. The van der Waals surface area contributed by atoms with Crippen molar-refractivity contribution in [3.8, 4) is 0 Å². The lowest BCUT2D eigenvalue weighted by Crippen LogP contribution is -2.32. The van der Waals surface area contributed by atoms with Gasteiger partial charge >= 0.3 is 0 Å². The van der Waals surface area contributed by atoms with E-state index in [1.54, 1.807) is 0 Å². The molecule has 112 valence electrons. The molecule has 5 heteroatoms. The fourth-order valence-electron chi connectivity index (χ4n) is 2.73. The second-order valence-corrected chi connectivity index (χ2v) is 5.51. The first kappa shape index (κ1) is 15.0. The van der Waals surface area contributed by atoms with Gasteiger partial charge in [0.2, 0.25) is 0 Å². The Labute approximate surface area is 122 Å². The summed E-state index contributed by atoms with van der Waals surface area (Å²) < 4.78 is 0. The lowest BCUT2D eigenvalue weighted by molar-refractivity contribution is 0.346. The van der Waals surface area contributed by atoms with Crippen LogP contribution in [0.25, 0.3) is 0 Å². The highest BCUT2D eigenvalue weighted by Crippen LogP contribution is 2.22. The maximum atomic E-state index is 4.70. The van der Waals surface area contributed by atoms with Gasteiger partial charge in [-0.15, -0.1) is 0 Å². The monoisotopic (exact) mass is 277 g/mol. The fourth-order valence-corrected chi connectivity index (χ4v) is 2.73. The number of anilines is 2. The lowest BCUT2D eigenvalue weighted by atomic mass is 10.2. The van der Waals surface area contributed by atoms with Gasteiger partial charge in [0.15, 0.2) is 0 Å². The van der Waals surface area contributed by atoms with Crippen LogP contribution in [-0.2, 0) is 6.42 Å². The van der Waals surface area contributed by atoms with Gasteiger partial charge in [0, 0.05) is 39.2 Å². The van der Waals surface area contributed by atoms with Crippen molar-refractivity contribution in [2.75, 3.05) is 50.5 Å². The Morgan fingerprint density at radius 3 is 2.55 bits per heavy atom. The second-order valence-electron chi connectivity index (χ2n) is 5.51. The minimum Gasteiger partial charge on any atom is -0.373 e. The Kier molecular flexibility index (Phi) is 5.17. The molecule has 20 heavy (non-hydrogen) atoms. The third kappa shape index (κ3) is 3.39. The van der Waals surface area contributed by atoms with Crippen LogP contribution in [0.3, 0.4) is 0 Å². The molecular formula is C15H27N5. The van der Waals surface area contributed by atoms with Crippen LogP contribution in [-0.4, -0.2) is 55.1 Å². The highest BCUT2D eigenvalue weighted by Gasteiger charge is 2.15. The molecule has 0 atom stereocenters. The number of aromatic nitrogens is 2. The van der Waals surface area contributed by atoms with E-state index in [4.69, 9.17) is 4.98 Å². The van der Waals surface area contributed by atoms with Crippen molar-refractivity contribution in [1.82, 2.24) is 14.9 Å². The van der Waals surface area contributed by atoms with Gasteiger partial charge in [-0.3, -0.25) is 0 Å². The summed E-state index contributed by atoms with van der Waals surface area (Å²) >= 11 is 0. The molecule has 1 N–H and O–H groups in total. The van der Waals surface area contributed by atoms with Gasteiger partial charge in [0.05, 0.1) is 0 Å². The van der Waals surface area contributed by atoms with E-state index in [2.05, 4.69) is 41.0 Å². The van der Waals surface area contributed by atoms with Crippen LogP contribution in [0.1, 0.15) is 31.2 Å². The predicted octanol–water partition coefficient (Wildman–Crippen LogP) is 1.92. The third-order valence-corrected chi connectivity index (χ3v) is 4.03. The van der Waals surface area contributed by atoms with Crippen LogP contribution >= 0.6 is 0 Å². The van der Waals surface area contributed by atoms with Crippen molar-refractivity contribution in [3.05, 3.63) is 11.4 Å². The summed E-state index contributed by atoms with van der Waals surface area (Å²) in [6, 6.07) is 0. The molecular weight excluding hydrogens is 250 g/mol. The van der Waals surface area contributed by atoms with Gasteiger partial charge in [-0.2, -0.15) is 0 Å². The van der Waals surface area contributed by atoms with Crippen molar-refractivity contribution in [3.63, 3.8) is 0 Å². The van der Waals surface area contributed by atoms with Crippen molar-refractivity contribution >= 4 is 11.6 Å². The minimum absolute atomic E-state index is 0.863. The van der Waals surface area contributed by atoms with Crippen molar-refractivity contribution in [2.24, 2.45) is 0 Å². The molecule has 1 saturated heterocycles. The largest absolute Gasteiger partial charge is 0.373 e. The van der Waals surface area contributed by atoms with Crippen LogP contribution in [0.2, 0.25) is 0 Å². The zero-order valence-corrected chi connectivity index (χ0v) is 13.2. The van der Waals surface area contributed by atoms with Gasteiger partial charge in [-0.25, -0.2) is 9.97 Å². The molecule has 0 aromatic carbocycles. The quantitative estimate of drug-likeness (QED) is 0.860. The second kappa shape index (κ2) is 6.88. The molecule has 1 aliphatic heterocycles. The molecule has 0 aliphatic carbocycles. The van der Waals surface area contributed by atoms with Gasteiger partial charge in [0.1, 0.15) is 17.5 Å². The number of likely N-dealkylation sites (tertiary alicyclic amines) is 1. The summed E-state index contributed by atoms with van der Waals surface area (Å²) in [5, 5.41) is 3.17. The number of nitrogens with one attached hydrogen (secondary N) is 1. The van der Waals surface area contributed by atoms with Crippen LogP contribution < -0.4 is 10.2 Å². The van der Waals surface area contributed by atoms with Crippen LogP contribution in [0.4, 0.5) is 11.6 Å². The molecule has 0 amide bonds. The van der Waals surface area contributed by atoms with E-state index < -0.39 is 0 Å². The Morgan fingerprint density at radius 1 is 1.25 bits per heavy atom. The van der Waals surface area contributed by atoms with Crippen molar-refractivity contribution in [2.45, 2.75) is 33.1 Å². The SMILES string of the molecule is CCc1nc(NC)c(C)c(N(C)CCN2CCCC2)n1. The van der Waals surface area contributed by atoms with E-state index >= 15 is 0 Å². The first-order valence-corrected chi connectivity index (χ1v) is 7.64. The van der Waals surface area contributed by atoms with E-state index in [0.29, 0.717) is 0 Å². The Hall–Kier alpha value is -1.36. The molecule has 0 bridgehead atoms. The summed E-state index contributed by atoms with van der Waals surface area (Å²) in [7, 11) is 4.05. The first-order valence-electron chi connectivity index (χ1n) is 7.64. The van der Waals surface area contributed by atoms with Gasteiger partial charge in [0.25, 0.3) is 0 Å². The number of rotatable bonds is 6. The Balaban J connectivity index is 2.08. The molecule has 0 radical (unpaired) electrons. The van der Waals surface area contributed by atoms with Crippen molar-refractivity contribution < 1.29 is 0 Å². The summed E-state index contributed by atoms with van der Waals surface area (Å²) in [6.07, 6.45) is 3.56. The number of likely N-dealkylation sites (N-methyl/N-ethyl adjacent to an activating group) is 1. The number of aryl methyl sites for hydroxylation is 1. The van der Waals surface area contributed by atoms with Gasteiger partial charge < -0.3 is 15.1 Å². The molecule has 1 aromatic heterocycles. The fraction of sp³-hybridized carbons (Fsp3) is 0.733. The standard InChI is InChI=1S/C15H27N5/c1-5-13-17-14(16-3)12(2)15(18-13)19(4)10-11-20-8-6-7-9-20/h5-11H2,1-4H3,(H,16,17,18). The van der Waals surface area contributed by atoms with Gasteiger partial charge in [-0.05, 0) is 32.9 Å². The topological polar surface area (TPSA) is 44.3 Å². The predicted molar refractivity (Wildman–Crippen MR) is 84.6 cm³/mol. The van der Waals surface area contributed by atoms with Crippen molar-refractivity contribution in [1.29, 1.82) is 0 Å². The zero-order chi connectivity index (χ0) is 14.5. The molecule has 5 nitrogen and oxygen atoms in total.